The highest BCUT2D eigenvalue weighted by Crippen LogP contribution is 2.59. The first kappa shape index (κ1) is 7.60. The Morgan fingerprint density at radius 2 is 1.82 bits per heavy atom. The van der Waals surface area contributed by atoms with E-state index >= 15 is 0 Å². The molecular weight excluding hydrogens is 136 g/mol. The van der Waals surface area contributed by atoms with E-state index in [1.165, 1.54) is 19.3 Å². The molecule has 1 spiro atoms. The van der Waals surface area contributed by atoms with Gasteiger partial charge in [0.05, 0.1) is 6.10 Å². The van der Waals surface area contributed by atoms with E-state index in [2.05, 4.69) is 13.8 Å². The van der Waals surface area contributed by atoms with Crippen LogP contribution in [-0.4, -0.2) is 11.2 Å². The van der Waals surface area contributed by atoms with Gasteiger partial charge in [0.1, 0.15) is 0 Å². The molecule has 2 aliphatic carbocycles. The summed E-state index contributed by atoms with van der Waals surface area (Å²) in [5.41, 5.74) is 1.13. The molecule has 0 aromatic heterocycles. The Morgan fingerprint density at radius 3 is 2.18 bits per heavy atom. The van der Waals surface area contributed by atoms with Crippen molar-refractivity contribution in [3.63, 3.8) is 0 Å². The molecule has 0 aliphatic heterocycles. The molecule has 2 fully saturated rings. The molecule has 0 radical (unpaired) electrons. The third-order valence-corrected chi connectivity index (χ3v) is 3.52. The number of aliphatic hydroxyl groups is 1. The van der Waals surface area contributed by atoms with Crippen molar-refractivity contribution in [3.05, 3.63) is 0 Å². The number of aliphatic hydroxyl groups excluding tert-OH is 1. The van der Waals surface area contributed by atoms with Crippen LogP contribution in [0.1, 0.15) is 46.0 Å². The molecule has 1 N–H and O–H groups in total. The van der Waals surface area contributed by atoms with Crippen LogP contribution in [0.3, 0.4) is 0 Å². The fraction of sp³-hybridized carbons (Fsp3) is 1.00. The predicted molar refractivity (Wildman–Crippen MR) is 45.3 cm³/mol. The highest BCUT2D eigenvalue weighted by Gasteiger charge is 2.50. The first-order valence-electron chi connectivity index (χ1n) is 4.70. The molecule has 0 saturated heterocycles. The van der Waals surface area contributed by atoms with E-state index in [4.69, 9.17) is 0 Å². The van der Waals surface area contributed by atoms with Crippen molar-refractivity contribution in [3.8, 4) is 0 Å². The summed E-state index contributed by atoms with van der Waals surface area (Å²) in [5, 5.41) is 9.24. The predicted octanol–water partition coefficient (Wildman–Crippen LogP) is 2.34. The molecule has 11 heavy (non-hydrogen) atoms. The molecule has 2 saturated carbocycles. The van der Waals surface area contributed by atoms with Crippen LogP contribution in [0.4, 0.5) is 0 Å². The van der Waals surface area contributed by atoms with Crippen LogP contribution in [-0.2, 0) is 0 Å². The Balaban J connectivity index is 2.00. The molecule has 0 unspecified atom stereocenters. The minimum absolute atomic E-state index is 0.0314. The summed E-state index contributed by atoms with van der Waals surface area (Å²) in [6.07, 6.45) is 6.25. The van der Waals surface area contributed by atoms with Gasteiger partial charge >= 0.3 is 0 Å². The van der Waals surface area contributed by atoms with E-state index in [9.17, 15) is 5.11 Å². The Hall–Kier alpha value is -0.0400. The normalized spacial score (nSPS) is 47.7. The average molecular weight is 154 g/mol. The molecule has 1 heteroatoms. The second-order valence-corrected chi connectivity index (χ2v) is 5.40. The second kappa shape index (κ2) is 2.01. The standard InChI is InChI=1S/C10H18O/c1-9(2)3-4-10(7-9)5-8(11)6-10/h8,11H,3-7H2,1-2H3. The summed E-state index contributed by atoms with van der Waals surface area (Å²) in [5.74, 6) is 0. The van der Waals surface area contributed by atoms with Gasteiger partial charge in [0.25, 0.3) is 0 Å². The van der Waals surface area contributed by atoms with Gasteiger partial charge in [0.15, 0.2) is 0 Å². The zero-order valence-electron chi connectivity index (χ0n) is 7.56. The topological polar surface area (TPSA) is 20.2 Å². The second-order valence-electron chi connectivity index (χ2n) is 5.40. The van der Waals surface area contributed by atoms with Crippen molar-refractivity contribution < 1.29 is 5.11 Å². The Labute approximate surface area is 68.8 Å². The van der Waals surface area contributed by atoms with Crippen molar-refractivity contribution in [1.29, 1.82) is 0 Å². The van der Waals surface area contributed by atoms with Gasteiger partial charge in [-0.15, -0.1) is 0 Å². The van der Waals surface area contributed by atoms with Crippen LogP contribution in [0.5, 0.6) is 0 Å². The van der Waals surface area contributed by atoms with Gasteiger partial charge in [0, 0.05) is 0 Å². The maximum atomic E-state index is 9.24. The van der Waals surface area contributed by atoms with Crippen LogP contribution in [0.25, 0.3) is 0 Å². The average Bonchev–Trinajstić information content (AvgIpc) is 2.05. The van der Waals surface area contributed by atoms with Crippen molar-refractivity contribution in [2.24, 2.45) is 10.8 Å². The summed E-state index contributed by atoms with van der Waals surface area (Å²) < 4.78 is 0. The highest BCUT2D eigenvalue weighted by atomic mass is 16.3. The monoisotopic (exact) mass is 154 g/mol. The minimum atomic E-state index is 0.0314. The smallest absolute Gasteiger partial charge is 0.0550 e. The van der Waals surface area contributed by atoms with E-state index < -0.39 is 0 Å². The van der Waals surface area contributed by atoms with Crippen LogP contribution in [0, 0.1) is 10.8 Å². The van der Waals surface area contributed by atoms with Gasteiger partial charge in [-0.2, -0.15) is 0 Å². The van der Waals surface area contributed by atoms with E-state index in [1.54, 1.807) is 0 Å². The van der Waals surface area contributed by atoms with Gasteiger partial charge in [-0.25, -0.2) is 0 Å². The number of rotatable bonds is 0. The van der Waals surface area contributed by atoms with Crippen molar-refractivity contribution in [2.45, 2.75) is 52.1 Å². The summed E-state index contributed by atoms with van der Waals surface area (Å²) >= 11 is 0. The lowest BCUT2D eigenvalue weighted by Gasteiger charge is -2.43. The Morgan fingerprint density at radius 1 is 1.18 bits per heavy atom. The van der Waals surface area contributed by atoms with Crippen molar-refractivity contribution in [2.75, 3.05) is 0 Å². The zero-order chi connectivity index (χ0) is 8.11. The molecule has 0 heterocycles. The largest absolute Gasteiger partial charge is 0.393 e. The minimum Gasteiger partial charge on any atom is -0.393 e. The molecule has 0 aromatic rings. The Bertz CT molecular complexity index is 166. The third kappa shape index (κ3) is 1.20. The maximum Gasteiger partial charge on any atom is 0.0550 e. The van der Waals surface area contributed by atoms with Gasteiger partial charge in [-0.3, -0.25) is 0 Å². The van der Waals surface area contributed by atoms with Crippen LogP contribution in [0.15, 0.2) is 0 Å². The summed E-state index contributed by atoms with van der Waals surface area (Å²) in [7, 11) is 0. The molecule has 0 aromatic carbocycles. The maximum absolute atomic E-state index is 9.24. The summed E-state index contributed by atoms with van der Waals surface area (Å²) in [4.78, 5) is 0. The lowest BCUT2D eigenvalue weighted by Crippen LogP contribution is -2.39. The van der Waals surface area contributed by atoms with E-state index in [1.807, 2.05) is 0 Å². The zero-order valence-corrected chi connectivity index (χ0v) is 7.56. The fourth-order valence-electron chi connectivity index (χ4n) is 3.08. The highest BCUT2D eigenvalue weighted by molar-refractivity contribution is 5.01. The van der Waals surface area contributed by atoms with Gasteiger partial charge < -0.3 is 5.11 Å². The molecule has 0 amide bonds. The van der Waals surface area contributed by atoms with Crippen molar-refractivity contribution in [1.82, 2.24) is 0 Å². The van der Waals surface area contributed by atoms with Crippen molar-refractivity contribution >= 4 is 0 Å². The van der Waals surface area contributed by atoms with E-state index in [0.717, 1.165) is 12.8 Å². The summed E-state index contributed by atoms with van der Waals surface area (Å²) in [6, 6.07) is 0. The lowest BCUT2D eigenvalue weighted by atomic mass is 9.64. The van der Waals surface area contributed by atoms with Crippen LogP contribution in [0.2, 0.25) is 0 Å². The van der Waals surface area contributed by atoms with E-state index in [0.29, 0.717) is 10.8 Å². The third-order valence-electron chi connectivity index (χ3n) is 3.52. The SMILES string of the molecule is CC1(C)CCC2(CC(O)C2)C1. The lowest BCUT2D eigenvalue weighted by molar-refractivity contribution is -0.0329. The summed E-state index contributed by atoms with van der Waals surface area (Å²) in [6.45, 7) is 4.71. The number of hydrogen-bond acceptors (Lipinski definition) is 1. The first-order valence-corrected chi connectivity index (χ1v) is 4.70. The molecule has 0 atom stereocenters. The quantitative estimate of drug-likeness (QED) is 0.568. The molecule has 1 nitrogen and oxygen atoms in total. The molecule has 64 valence electrons. The Kier molecular flexibility index (Phi) is 1.39. The van der Waals surface area contributed by atoms with Crippen LogP contribution < -0.4 is 0 Å². The number of hydrogen-bond donors (Lipinski definition) is 1. The van der Waals surface area contributed by atoms with E-state index in [-0.39, 0.29) is 6.10 Å². The molecule has 0 bridgehead atoms. The molecule has 2 aliphatic rings. The van der Waals surface area contributed by atoms with Crippen LogP contribution >= 0.6 is 0 Å². The van der Waals surface area contributed by atoms with Gasteiger partial charge in [-0.05, 0) is 42.9 Å². The first-order chi connectivity index (χ1) is 5.02. The molecule has 2 rings (SSSR count). The van der Waals surface area contributed by atoms with Gasteiger partial charge in [-0.1, -0.05) is 13.8 Å². The molecular formula is C10H18O. The van der Waals surface area contributed by atoms with Gasteiger partial charge in [0.2, 0.25) is 0 Å². The fourth-order valence-corrected chi connectivity index (χ4v) is 3.08.